The molecule has 4 aromatic rings. The highest BCUT2D eigenvalue weighted by molar-refractivity contribution is 6.31. The number of hydrogen-bond acceptors (Lipinski definition) is 5. The minimum Gasteiger partial charge on any atom is -0.483 e. The van der Waals surface area contributed by atoms with E-state index in [1.54, 1.807) is 48.5 Å². The lowest BCUT2D eigenvalue weighted by Crippen LogP contribution is -2.22. The summed E-state index contributed by atoms with van der Waals surface area (Å²) >= 11 is 12.2. The first-order valence-corrected chi connectivity index (χ1v) is 10.5. The van der Waals surface area contributed by atoms with Crippen molar-refractivity contribution in [3.63, 3.8) is 0 Å². The molecule has 1 aromatic heterocycles. The Kier molecular flexibility index (Phi) is 6.87. The van der Waals surface area contributed by atoms with Crippen LogP contribution in [0.1, 0.15) is 10.4 Å². The number of amides is 2. The van der Waals surface area contributed by atoms with Gasteiger partial charge in [-0.25, -0.2) is 9.67 Å². The second-order valence-corrected chi connectivity index (χ2v) is 7.67. The number of carbonyl (C=O) groups is 2. The summed E-state index contributed by atoms with van der Waals surface area (Å²) < 4.78 is 7.14. The molecular formula is C23H17Cl2N5O3. The molecule has 0 saturated carbocycles. The van der Waals surface area contributed by atoms with Crippen molar-refractivity contribution in [3.05, 3.63) is 95.0 Å². The average molecular weight is 482 g/mol. The Morgan fingerprint density at radius 2 is 1.70 bits per heavy atom. The number of rotatable bonds is 7. The molecule has 166 valence electrons. The van der Waals surface area contributed by atoms with Crippen LogP contribution in [0.5, 0.6) is 5.75 Å². The van der Waals surface area contributed by atoms with E-state index >= 15 is 0 Å². The summed E-state index contributed by atoms with van der Waals surface area (Å²) in [6.45, 7) is -0.351. The van der Waals surface area contributed by atoms with Crippen molar-refractivity contribution in [1.82, 2.24) is 14.8 Å². The highest BCUT2D eigenvalue weighted by Crippen LogP contribution is 2.26. The molecule has 2 N–H and O–H groups in total. The predicted octanol–water partition coefficient (Wildman–Crippen LogP) is 4.84. The fourth-order valence-corrected chi connectivity index (χ4v) is 3.34. The van der Waals surface area contributed by atoms with Gasteiger partial charge in [0.1, 0.15) is 18.4 Å². The molecule has 0 unspecified atom stereocenters. The van der Waals surface area contributed by atoms with E-state index in [2.05, 4.69) is 20.7 Å². The number of aromatic nitrogens is 3. The van der Waals surface area contributed by atoms with Gasteiger partial charge in [0, 0.05) is 15.7 Å². The topological polar surface area (TPSA) is 98.1 Å². The predicted molar refractivity (Wildman–Crippen MR) is 126 cm³/mol. The first-order chi connectivity index (χ1) is 16.0. The van der Waals surface area contributed by atoms with E-state index in [9.17, 15) is 9.59 Å². The van der Waals surface area contributed by atoms with E-state index in [0.717, 1.165) is 0 Å². The fourth-order valence-electron chi connectivity index (χ4n) is 3.00. The average Bonchev–Trinajstić information content (AvgIpc) is 3.33. The van der Waals surface area contributed by atoms with E-state index in [0.29, 0.717) is 27.1 Å². The first kappa shape index (κ1) is 22.3. The standard InChI is InChI=1S/C23H17Cl2N5O3/c24-15-7-9-21(18(10-15)23(32)28-17-4-2-1-3-5-17)33-12-22(31)29-19-11-16(25)6-8-20(19)30-14-26-13-27-30/h1-11,13-14H,12H2,(H,28,32)(H,29,31). The first-order valence-electron chi connectivity index (χ1n) is 9.73. The number of anilines is 2. The Bertz CT molecular complexity index is 1280. The molecule has 0 bridgehead atoms. The summed E-state index contributed by atoms with van der Waals surface area (Å²) in [6.07, 6.45) is 2.88. The molecule has 3 aromatic carbocycles. The van der Waals surface area contributed by atoms with Crippen molar-refractivity contribution in [1.29, 1.82) is 0 Å². The van der Waals surface area contributed by atoms with Gasteiger partial charge < -0.3 is 15.4 Å². The zero-order chi connectivity index (χ0) is 23.2. The van der Waals surface area contributed by atoms with Crippen LogP contribution in [-0.4, -0.2) is 33.2 Å². The van der Waals surface area contributed by atoms with Gasteiger partial charge >= 0.3 is 0 Å². The number of benzene rings is 3. The highest BCUT2D eigenvalue weighted by Gasteiger charge is 2.16. The zero-order valence-corrected chi connectivity index (χ0v) is 18.5. The van der Waals surface area contributed by atoms with Crippen LogP contribution in [0, 0.1) is 0 Å². The summed E-state index contributed by atoms with van der Waals surface area (Å²) in [7, 11) is 0. The number of carbonyl (C=O) groups excluding carboxylic acids is 2. The molecule has 2 amide bonds. The number of para-hydroxylation sites is 1. The molecule has 0 aliphatic heterocycles. The second kappa shape index (κ2) is 10.2. The van der Waals surface area contributed by atoms with Gasteiger partial charge in [0.15, 0.2) is 6.61 Å². The number of nitrogens with zero attached hydrogens (tertiary/aromatic N) is 3. The van der Waals surface area contributed by atoms with Crippen LogP contribution < -0.4 is 15.4 Å². The summed E-state index contributed by atoms with van der Waals surface area (Å²) in [6, 6.07) is 18.5. The maximum absolute atomic E-state index is 12.8. The highest BCUT2D eigenvalue weighted by atomic mass is 35.5. The van der Waals surface area contributed by atoms with Crippen LogP contribution in [0.2, 0.25) is 10.0 Å². The van der Waals surface area contributed by atoms with Crippen molar-refractivity contribution < 1.29 is 14.3 Å². The van der Waals surface area contributed by atoms with Gasteiger partial charge in [0.25, 0.3) is 11.8 Å². The van der Waals surface area contributed by atoms with Crippen LogP contribution in [0.3, 0.4) is 0 Å². The molecule has 0 radical (unpaired) electrons. The molecule has 0 aliphatic carbocycles. The van der Waals surface area contributed by atoms with Crippen molar-refractivity contribution in [2.75, 3.05) is 17.2 Å². The number of halogens is 2. The van der Waals surface area contributed by atoms with E-state index in [1.807, 2.05) is 6.07 Å². The molecular weight excluding hydrogens is 465 g/mol. The van der Waals surface area contributed by atoms with Gasteiger partial charge in [-0.3, -0.25) is 9.59 Å². The molecule has 0 fully saturated rings. The maximum atomic E-state index is 12.8. The van der Waals surface area contributed by atoms with Gasteiger partial charge in [0.05, 0.1) is 16.9 Å². The number of nitrogens with one attached hydrogen (secondary N) is 2. The minimum absolute atomic E-state index is 0.199. The van der Waals surface area contributed by atoms with Gasteiger partial charge in [-0.1, -0.05) is 41.4 Å². The molecule has 1 heterocycles. The lowest BCUT2D eigenvalue weighted by molar-refractivity contribution is -0.118. The third-order valence-corrected chi connectivity index (χ3v) is 4.95. The fraction of sp³-hybridized carbons (Fsp3) is 0.0435. The Hall–Kier alpha value is -3.88. The molecule has 10 heteroatoms. The van der Waals surface area contributed by atoms with E-state index in [-0.39, 0.29) is 17.9 Å². The zero-order valence-electron chi connectivity index (χ0n) is 17.0. The van der Waals surface area contributed by atoms with Gasteiger partial charge in [0.2, 0.25) is 0 Å². The quantitative estimate of drug-likeness (QED) is 0.393. The molecule has 4 rings (SSSR count). The van der Waals surface area contributed by atoms with Crippen molar-refractivity contribution >= 4 is 46.4 Å². The molecule has 0 saturated heterocycles. The lowest BCUT2D eigenvalue weighted by atomic mass is 10.2. The van der Waals surface area contributed by atoms with Crippen LogP contribution in [-0.2, 0) is 4.79 Å². The number of hydrogen-bond donors (Lipinski definition) is 2. The third-order valence-electron chi connectivity index (χ3n) is 4.47. The van der Waals surface area contributed by atoms with Crippen LogP contribution in [0.4, 0.5) is 11.4 Å². The van der Waals surface area contributed by atoms with Crippen molar-refractivity contribution in [2.45, 2.75) is 0 Å². The molecule has 8 nitrogen and oxygen atoms in total. The van der Waals surface area contributed by atoms with Crippen LogP contribution in [0.15, 0.2) is 79.4 Å². The summed E-state index contributed by atoms with van der Waals surface area (Å²) in [5, 5.41) is 10.4. The van der Waals surface area contributed by atoms with E-state index < -0.39 is 11.8 Å². The van der Waals surface area contributed by atoms with E-state index in [4.69, 9.17) is 27.9 Å². The Morgan fingerprint density at radius 3 is 2.45 bits per heavy atom. The minimum atomic E-state index is -0.456. The molecule has 0 spiro atoms. The summed E-state index contributed by atoms with van der Waals surface area (Å²) in [4.78, 5) is 29.3. The maximum Gasteiger partial charge on any atom is 0.262 e. The summed E-state index contributed by atoms with van der Waals surface area (Å²) in [5.74, 6) is -0.656. The van der Waals surface area contributed by atoms with Gasteiger partial charge in [-0.15, -0.1) is 0 Å². The molecule has 0 atom stereocenters. The van der Waals surface area contributed by atoms with Crippen LogP contribution in [0.25, 0.3) is 5.69 Å². The van der Waals surface area contributed by atoms with Crippen LogP contribution >= 0.6 is 23.2 Å². The molecule has 33 heavy (non-hydrogen) atoms. The van der Waals surface area contributed by atoms with Crippen molar-refractivity contribution in [3.8, 4) is 11.4 Å². The Balaban J connectivity index is 1.47. The van der Waals surface area contributed by atoms with Crippen molar-refractivity contribution in [2.24, 2.45) is 0 Å². The third kappa shape index (κ3) is 5.68. The monoisotopic (exact) mass is 481 g/mol. The largest absolute Gasteiger partial charge is 0.483 e. The van der Waals surface area contributed by atoms with Gasteiger partial charge in [-0.2, -0.15) is 5.10 Å². The molecule has 0 aliphatic rings. The Morgan fingerprint density at radius 1 is 0.939 bits per heavy atom. The Labute approximate surface area is 199 Å². The van der Waals surface area contributed by atoms with Gasteiger partial charge in [-0.05, 0) is 48.5 Å². The number of ether oxygens (including phenoxy) is 1. The lowest BCUT2D eigenvalue weighted by Gasteiger charge is -2.14. The van der Waals surface area contributed by atoms with E-state index in [1.165, 1.54) is 29.5 Å². The smallest absolute Gasteiger partial charge is 0.262 e. The normalized spacial score (nSPS) is 10.5. The summed E-state index contributed by atoms with van der Waals surface area (Å²) in [5.41, 5.74) is 1.83. The SMILES string of the molecule is O=C(COc1ccc(Cl)cc1C(=O)Nc1ccccc1)Nc1cc(Cl)ccc1-n1cncn1. The second-order valence-electron chi connectivity index (χ2n) is 6.80.